The van der Waals surface area contributed by atoms with Gasteiger partial charge in [0.2, 0.25) is 12.7 Å². The first-order chi connectivity index (χ1) is 11.3. The average Bonchev–Trinajstić information content (AvgIpc) is 3.31. The number of aliphatic hydroxyl groups is 1. The summed E-state index contributed by atoms with van der Waals surface area (Å²) in [4.78, 5) is 8.97. The van der Waals surface area contributed by atoms with Gasteiger partial charge in [-0.15, -0.1) is 0 Å². The summed E-state index contributed by atoms with van der Waals surface area (Å²) in [5, 5.41) is 15.3. The number of nitrogens with zero attached hydrogens (tertiary/aromatic N) is 2. The molecule has 2 aromatic rings. The molecule has 0 saturated heterocycles. The summed E-state index contributed by atoms with van der Waals surface area (Å²) in [5.74, 6) is 3.25. The van der Waals surface area contributed by atoms with Crippen molar-refractivity contribution in [1.29, 1.82) is 0 Å². The van der Waals surface area contributed by atoms with Crippen molar-refractivity contribution in [3.63, 3.8) is 0 Å². The van der Waals surface area contributed by atoms with Crippen LogP contribution < -0.4 is 20.1 Å². The number of anilines is 3. The third-order valence-electron chi connectivity index (χ3n) is 3.78. The third-order valence-corrected chi connectivity index (χ3v) is 3.78. The predicted octanol–water partition coefficient (Wildman–Crippen LogP) is 2.23. The van der Waals surface area contributed by atoms with Crippen molar-refractivity contribution in [3.8, 4) is 11.5 Å². The molecule has 3 N–H and O–H groups in total. The smallest absolute Gasteiger partial charge is 0.231 e. The second kappa shape index (κ2) is 5.92. The Balaban J connectivity index is 1.58. The van der Waals surface area contributed by atoms with Gasteiger partial charge in [-0.1, -0.05) is 0 Å². The molecular weight excluding hydrogens is 296 g/mol. The lowest BCUT2D eigenvalue weighted by atomic mass is 10.2. The normalized spacial score (nSPS) is 15.5. The average molecular weight is 314 g/mol. The summed E-state index contributed by atoms with van der Waals surface area (Å²) in [5.41, 5.74) is 1.91. The molecule has 4 rings (SSSR count). The van der Waals surface area contributed by atoms with Gasteiger partial charge in [0.25, 0.3) is 0 Å². The molecule has 0 unspecified atom stereocenters. The highest BCUT2D eigenvalue weighted by Gasteiger charge is 2.26. The Morgan fingerprint density at radius 2 is 2.00 bits per heavy atom. The van der Waals surface area contributed by atoms with Crippen LogP contribution in [-0.2, 0) is 0 Å². The molecule has 1 aliphatic carbocycles. The van der Waals surface area contributed by atoms with Crippen molar-refractivity contribution in [1.82, 2.24) is 9.97 Å². The first-order valence-electron chi connectivity index (χ1n) is 7.72. The predicted molar refractivity (Wildman–Crippen MR) is 85.4 cm³/mol. The molecular formula is C16H18N4O3. The van der Waals surface area contributed by atoms with Gasteiger partial charge in [-0.25, -0.2) is 4.98 Å². The molecule has 1 fully saturated rings. The minimum Gasteiger partial charge on any atom is -0.454 e. The van der Waals surface area contributed by atoms with E-state index in [0.717, 1.165) is 28.7 Å². The van der Waals surface area contributed by atoms with Gasteiger partial charge in [0, 0.05) is 30.3 Å². The van der Waals surface area contributed by atoms with Crippen LogP contribution in [0.25, 0.3) is 0 Å². The Hall–Kier alpha value is -2.54. The molecule has 2 aliphatic rings. The molecule has 1 aliphatic heterocycles. The van der Waals surface area contributed by atoms with Crippen LogP contribution in [-0.4, -0.2) is 35.0 Å². The molecule has 1 aromatic heterocycles. The van der Waals surface area contributed by atoms with Gasteiger partial charge in [0.05, 0.1) is 12.3 Å². The van der Waals surface area contributed by atoms with Crippen LogP contribution >= 0.6 is 0 Å². The zero-order chi connectivity index (χ0) is 15.6. The van der Waals surface area contributed by atoms with E-state index >= 15 is 0 Å². The number of aromatic nitrogens is 2. The Bertz CT molecular complexity index is 718. The van der Waals surface area contributed by atoms with Crippen LogP contribution in [0.3, 0.4) is 0 Å². The monoisotopic (exact) mass is 314 g/mol. The van der Waals surface area contributed by atoms with Crippen molar-refractivity contribution < 1.29 is 14.6 Å². The zero-order valence-electron chi connectivity index (χ0n) is 12.6. The maximum atomic E-state index is 8.95. The number of nitrogens with one attached hydrogen (secondary N) is 2. The molecule has 0 bridgehead atoms. The number of benzene rings is 1. The van der Waals surface area contributed by atoms with Crippen LogP contribution in [0.4, 0.5) is 17.5 Å². The van der Waals surface area contributed by atoms with Gasteiger partial charge >= 0.3 is 0 Å². The topological polar surface area (TPSA) is 88.5 Å². The minimum atomic E-state index is 0.0436. The zero-order valence-corrected chi connectivity index (χ0v) is 12.6. The lowest BCUT2D eigenvalue weighted by molar-refractivity contribution is 0.174. The SMILES string of the molecule is OCCNc1nc(Nc2ccc3c(c2)OCO3)cc(C2CC2)n1. The molecule has 7 nitrogen and oxygen atoms in total. The van der Waals surface area contributed by atoms with Crippen molar-refractivity contribution in [3.05, 3.63) is 30.0 Å². The fourth-order valence-corrected chi connectivity index (χ4v) is 2.49. The first-order valence-corrected chi connectivity index (χ1v) is 7.72. The molecule has 23 heavy (non-hydrogen) atoms. The number of aliphatic hydroxyl groups excluding tert-OH is 1. The minimum absolute atomic E-state index is 0.0436. The summed E-state index contributed by atoms with van der Waals surface area (Å²) in [6, 6.07) is 7.67. The number of hydrogen-bond donors (Lipinski definition) is 3. The Kier molecular flexibility index (Phi) is 3.63. The van der Waals surface area contributed by atoms with Gasteiger partial charge in [0.15, 0.2) is 11.5 Å². The lowest BCUT2D eigenvalue weighted by Gasteiger charge is -2.11. The molecule has 1 aromatic carbocycles. The highest BCUT2D eigenvalue weighted by molar-refractivity contribution is 5.62. The van der Waals surface area contributed by atoms with E-state index in [-0.39, 0.29) is 13.4 Å². The lowest BCUT2D eigenvalue weighted by Crippen LogP contribution is -2.10. The fraction of sp³-hybridized carbons (Fsp3) is 0.375. The Morgan fingerprint density at radius 3 is 2.83 bits per heavy atom. The van der Waals surface area contributed by atoms with Crippen molar-refractivity contribution in [2.24, 2.45) is 0 Å². The van der Waals surface area contributed by atoms with Crippen molar-refractivity contribution in [2.75, 3.05) is 30.6 Å². The Morgan fingerprint density at radius 1 is 1.13 bits per heavy atom. The van der Waals surface area contributed by atoms with E-state index in [2.05, 4.69) is 20.6 Å². The summed E-state index contributed by atoms with van der Waals surface area (Å²) in [6.07, 6.45) is 2.33. The van der Waals surface area contributed by atoms with Crippen LogP contribution in [0, 0.1) is 0 Å². The number of fused-ring (bicyclic) bond motifs is 1. The highest BCUT2D eigenvalue weighted by Crippen LogP contribution is 2.40. The van der Waals surface area contributed by atoms with Gasteiger partial charge in [0.1, 0.15) is 5.82 Å². The van der Waals surface area contributed by atoms with Crippen molar-refractivity contribution >= 4 is 17.5 Å². The molecule has 7 heteroatoms. The summed E-state index contributed by atoms with van der Waals surface area (Å²) < 4.78 is 10.7. The van der Waals surface area contributed by atoms with Crippen LogP contribution in [0.2, 0.25) is 0 Å². The molecule has 2 heterocycles. The molecule has 0 spiro atoms. The van der Waals surface area contributed by atoms with E-state index in [0.29, 0.717) is 18.4 Å². The standard InChI is InChI=1S/C16H18N4O3/c21-6-5-17-16-19-12(10-1-2-10)8-15(20-16)18-11-3-4-13-14(7-11)23-9-22-13/h3-4,7-8,10,21H,1-2,5-6,9H2,(H2,17,18,19,20). The molecule has 120 valence electrons. The number of hydrogen-bond acceptors (Lipinski definition) is 7. The molecule has 0 amide bonds. The van der Waals surface area contributed by atoms with E-state index < -0.39 is 0 Å². The second-order valence-corrected chi connectivity index (χ2v) is 5.62. The van der Waals surface area contributed by atoms with Gasteiger partial charge in [-0.2, -0.15) is 4.98 Å². The van der Waals surface area contributed by atoms with Crippen LogP contribution in [0.1, 0.15) is 24.5 Å². The maximum Gasteiger partial charge on any atom is 0.231 e. The molecule has 0 radical (unpaired) electrons. The fourth-order valence-electron chi connectivity index (χ4n) is 2.49. The number of ether oxygens (including phenoxy) is 2. The summed E-state index contributed by atoms with van der Waals surface area (Å²) in [6.45, 7) is 0.729. The summed E-state index contributed by atoms with van der Waals surface area (Å²) >= 11 is 0. The second-order valence-electron chi connectivity index (χ2n) is 5.62. The van der Waals surface area contributed by atoms with E-state index in [1.165, 1.54) is 12.8 Å². The quantitative estimate of drug-likeness (QED) is 0.753. The Labute approximate surface area is 133 Å². The maximum absolute atomic E-state index is 8.95. The van der Waals surface area contributed by atoms with Gasteiger partial charge < -0.3 is 25.2 Å². The van der Waals surface area contributed by atoms with Crippen molar-refractivity contribution in [2.45, 2.75) is 18.8 Å². The first kappa shape index (κ1) is 14.1. The largest absolute Gasteiger partial charge is 0.454 e. The van der Waals surface area contributed by atoms with Gasteiger partial charge in [-0.05, 0) is 25.0 Å². The third kappa shape index (κ3) is 3.14. The molecule has 0 atom stereocenters. The van der Waals surface area contributed by atoms with E-state index in [9.17, 15) is 0 Å². The van der Waals surface area contributed by atoms with E-state index in [1.54, 1.807) is 0 Å². The van der Waals surface area contributed by atoms with Crippen LogP contribution in [0.5, 0.6) is 11.5 Å². The summed E-state index contributed by atoms with van der Waals surface area (Å²) in [7, 11) is 0. The van der Waals surface area contributed by atoms with E-state index in [4.69, 9.17) is 14.6 Å². The van der Waals surface area contributed by atoms with Gasteiger partial charge in [-0.3, -0.25) is 0 Å². The highest BCUT2D eigenvalue weighted by atomic mass is 16.7. The molecule has 1 saturated carbocycles. The van der Waals surface area contributed by atoms with E-state index in [1.807, 2.05) is 24.3 Å². The number of rotatable bonds is 6. The van der Waals surface area contributed by atoms with Crippen LogP contribution in [0.15, 0.2) is 24.3 Å².